The van der Waals surface area contributed by atoms with E-state index in [1.54, 1.807) is 0 Å². The lowest BCUT2D eigenvalue weighted by Crippen LogP contribution is -2.49. The van der Waals surface area contributed by atoms with E-state index >= 15 is 0 Å². The molecule has 0 aromatic heterocycles. The molecule has 4 rings (SSSR count). The molecule has 2 heterocycles. The summed E-state index contributed by atoms with van der Waals surface area (Å²) in [6.45, 7) is -0.436. The fourth-order valence-electron chi connectivity index (χ4n) is 3.37. The van der Waals surface area contributed by atoms with Crippen molar-refractivity contribution < 1.29 is 43.0 Å². The minimum absolute atomic E-state index is 0.0942. The Hall–Kier alpha value is -1.90. The molecule has 4 atom stereocenters. The summed E-state index contributed by atoms with van der Waals surface area (Å²) in [5, 5.41) is 0. The van der Waals surface area contributed by atoms with Crippen molar-refractivity contribution in [3.8, 4) is 0 Å². The van der Waals surface area contributed by atoms with Crippen molar-refractivity contribution in [1.29, 1.82) is 0 Å². The van der Waals surface area contributed by atoms with Gasteiger partial charge in [0.2, 0.25) is 0 Å². The van der Waals surface area contributed by atoms with Crippen LogP contribution in [-0.4, -0.2) is 54.5 Å². The van der Waals surface area contributed by atoms with Crippen molar-refractivity contribution in [3.63, 3.8) is 0 Å². The van der Waals surface area contributed by atoms with E-state index in [1.807, 2.05) is 60.7 Å². The quantitative estimate of drug-likeness (QED) is 0.515. The molecule has 12 heteroatoms. The monoisotopic (exact) mass is 486 g/mol. The maximum atomic E-state index is 11.8. The van der Waals surface area contributed by atoms with E-state index in [2.05, 4.69) is 0 Å². The molecule has 2 aromatic rings. The second-order valence-corrected chi connectivity index (χ2v) is 9.67. The summed E-state index contributed by atoms with van der Waals surface area (Å²) in [7, 11) is -8.39. The van der Waals surface area contributed by atoms with Crippen LogP contribution in [0.5, 0.6) is 0 Å². The van der Waals surface area contributed by atoms with Gasteiger partial charge in [0.15, 0.2) is 0 Å². The molecular weight excluding hydrogens is 464 g/mol. The van der Waals surface area contributed by atoms with Gasteiger partial charge >= 0.3 is 20.8 Å². The Balaban J connectivity index is 1.59. The van der Waals surface area contributed by atoms with Crippen molar-refractivity contribution in [2.45, 2.75) is 37.6 Å². The maximum Gasteiger partial charge on any atom is 0.400 e. The van der Waals surface area contributed by atoms with Gasteiger partial charge in [-0.1, -0.05) is 60.7 Å². The lowest BCUT2D eigenvalue weighted by Gasteiger charge is -2.32. The van der Waals surface area contributed by atoms with Crippen LogP contribution < -0.4 is 0 Å². The predicted molar refractivity (Wildman–Crippen MR) is 110 cm³/mol. The standard InChI is InChI=1S/C20H22O10S2/c21-31(22)27-13-17(29-31)19(25-11-15-7-3-1-4-8-15)20(18-14-28-32(23,24)30-18)26-12-16-9-5-2-6-10-16/h1-10,17-20H,11-14H2/t17-,18-,19-,20-/m1/s1. The number of hydrogen-bond donors (Lipinski definition) is 0. The molecule has 10 nitrogen and oxygen atoms in total. The van der Waals surface area contributed by atoms with E-state index in [0.29, 0.717) is 0 Å². The van der Waals surface area contributed by atoms with Crippen molar-refractivity contribution in [2.75, 3.05) is 13.2 Å². The zero-order valence-corrected chi connectivity index (χ0v) is 18.4. The summed E-state index contributed by atoms with van der Waals surface area (Å²) in [5.74, 6) is 0. The maximum absolute atomic E-state index is 11.8. The van der Waals surface area contributed by atoms with Gasteiger partial charge in [0, 0.05) is 0 Å². The molecule has 2 fully saturated rings. The van der Waals surface area contributed by atoms with E-state index in [1.165, 1.54) is 0 Å². The Labute approximate surface area is 186 Å². The molecule has 2 aliphatic heterocycles. The van der Waals surface area contributed by atoms with Crippen LogP contribution in [0.3, 0.4) is 0 Å². The first kappa shape index (κ1) is 23.3. The topological polar surface area (TPSA) is 124 Å². The molecule has 32 heavy (non-hydrogen) atoms. The van der Waals surface area contributed by atoms with Crippen LogP contribution in [0, 0.1) is 0 Å². The Morgan fingerprint density at radius 2 is 1.06 bits per heavy atom. The number of rotatable bonds is 9. The number of hydrogen-bond acceptors (Lipinski definition) is 10. The first-order valence-electron chi connectivity index (χ1n) is 9.78. The van der Waals surface area contributed by atoms with Gasteiger partial charge in [-0.15, -0.1) is 0 Å². The second-order valence-electron chi connectivity index (χ2n) is 7.18. The molecule has 0 aliphatic carbocycles. The highest BCUT2D eigenvalue weighted by Crippen LogP contribution is 2.29. The summed E-state index contributed by atoms with van der Waals surface area (Å²) in [4.78, 5) is 0. The second kappa shape index (κ2) is 9.93. The fraction of sp³-hybridized carbons (Fsp3) is 0.400. The summed E-state index contributed by atoms with van der Waals surface area (Å²) >= 11 is 0. The first-order valence-corrected chi connectivity index (χ1v) is 12.4. The van der Waals surface area contributed by atoms with Crippen molar-refractivity contribution >= 4 is 20.8 Å². The fourth-order valence-corrected chi connectivity index (χ4v) is 5.02. The van der Waals surface area contributed by atoms with Gasteiger partial charge in [-0.3, -0.25) is 0 Å². The average molecular weight is 487 g/mol. The van der Waals surface area contributed by atoms with Gasteiger partial charge in [-0.05, 0) is 11.1 Å². The van der Waals surface area contributed by atoms with Gasteiger partial charge < -0.3 is 9.47 Å². The van der Waals surface area contributed by atoms with Crippen molar-refractivity contribution in [1.82, 2.24) is 0 Å². The Morgan fingerprint density at radius 1 is 0.688 bits per heavy atom. The number of ether oxygens (including phenoxy) is 2. The normalized spacial score (nSPS) is 26.0. The molecule has 0 N–H and O–H groups in total. The molecule has 0 saturated carbocycles. The number of benzene rings is 2. The minimum atomic E-state index is -4.20. The first-order chi connectivity index (χ1) is 15.3. The van der Waals surface area contributed by atoms with Crippen LogP contribution >= 0.6 is 0 Å². The minimum Gasteiger partial charge on any atom is -0.368 e. The van der Waals surface area contributed by atoms with E-state index in [-0.39, 0.29) is 26.4 Å². The highest BCUT2D eigenvalue weighted by atomic mass is 32.3. The molecule has 0 unspecified atom stereocenters. The smallest absolute Gasteiger partial charge is 0.368 e. The van der Waals surface area contributed by atoms with Crippen LogP contribution in [0.4, 0.5) is 0 Å². The lowest BCUT2D eigenvalue weighted by atomic mass is 10.0. The highest BCUT2D eigenvalue weighted by Gasteiger charge is 2.47. The molecule has 0 amide bonds. The summed E-state index contributed by atoms with van der Waals surface area (Å²) in [5.41, 5.74) is 1.63. The molecular formula is C20H22O10S2. The molecule has 2 aromatic carbocycles. The van der Waals surface area contributed by atoms with Crippen LogP contribution in [-0.2, 0) is 60.2 Å². The lowest BCUT2D eigenvalue weighted by molar-refractivity contribution is -0.150. The SMILES string of the molecule is O=S1(=O)OC[C@H]([C@@H](OCc2ccccc2)[C@H](OCc2ccccc2)[C@H]2COS(=O)(=O)O2)O1. The van der Waals surface area contributed by atoms with Crippen LogP contribution in [0.1, 0.15) is 11.1 Å². The largest absolute Gasteiger partial charge is 0.400 e. The summed E-state index contributed by atoms with van der Waals surface area (Å²) < 4.78 is 78.6. The van der Waals surface area contributed by atoms with Gasteiger partial charge in [-0.25, -0.2) is 16.7 Å². The zero-order chi connectivity index (χ0) is 22.6. The van der Waals surface area contributed by atoms with Crippen molar-refractivity contribution in [2.24, 2.45) is 0 Å². The van der Waals surface area contributed by atoms with Gasteiger partial charge in [0.05, 0.1) is 26.4 Å². The summed E-state index contributed by atoms with van der Waals surface area (Å²) in [6.07, 6.45) is -4.23. The molecule has 2 saturated heterocycles. The van der Waals surface area contributed by atoms with Gasteiger partial charge in [-0.2, -0.15) is 16.8 Å². The third-order valence-corrected chi connectivity index (χ3v) is 6.68. The van der Waals surface area contributed by atoms with E-state index in [4.69, 9.17) is 26.2 Å². The molecule has 174 valence electrons. The average Bonchev–Trinajstić information content (AvgIpc) is 3.32. The Kier molecular flexibility index (Phi) is 7.22. The highest BCUT2D eigenvalue weighted by molar-refractivity contribution is 7.82. The third-order valence-electron chi connectivity index (χ3n) is 4.86. The van der Waals surface area contributed by atoms with E-state index < -0.39 is 45.2 Å². The molecule has 2 aliphatic rings. The van der Waals surface area contributed by atoms with Crippen molar-refractivity contribution in [3.05, 3.63) is 71.8 Å². The Bertz CT molecular complexity index is 1000. The van der Waals surface area contributed by atoms with Gasteiger partial charge in [0.25, 0.3) is 0 Å². The molecule has 0 spiro atoms. The molecule has 0 radical (unpaired) electrons. The van der Waals surface area contributed by atoms with Crippen LogP contribution in [0.25, 0.3) is 0 Å². The third kappa shape index (κ3) is 6.11. The predicted octanol–water partition coefficient (Wildman–Crippen LogP) is 1.48. The van der Waals surface area contributed by atoms with Gasteiger partial charge in [0.1, 0.15) is 24.4 Å². The van der Waals surface area contributed by atoms with E-state index in [0.717, 1.165) is 11.1 Å². The van der Waals surface area contributed by atoms with E-state index in [9.17, 15) is 16.8 Å². The van der Waals surface area contributed by atoms with Crippen LogP contribution in [0.15, 0.2) is 60.7 Å². The summed E-state index contributed by atoms with van der Waals surface area (Å²) in [6, 6.07) is 18.4. The van der Waals surface area contributed by atoms with Crippen LogP contribution in [0.2, 0.25) is 0 Å². The Morgan fingerprint density at radius 3 is 1.38 bits per heavy atom. The zero-order valence-electron chi connectivity index (χ0n) is 16.8. The molecule has 0 bridgehead atoms.